The third-order valence-electron chi connectivity index (χ3n) is 2.05. The van der Waals surface area contributed by atoms with Gasteiger partial charge >= 0.3 is 10.2 Å². The zero-order valence-electron chi connectivity index (χ0n) is 10.3. The Morgan fingerprint density at radius 3 is 2.29 bits per heavy atom. The minimum absolute atomic E-state index is 0.516. The predicted molar refractivity (Wildman–Crippen MR) is 68.5 cm³/mol. The summed E-state index contributed by atoms with van der Waals surface area (Å²) in [6.45, 7) is 2.68. The summed E-state index contributed by atoms with van der Waals surface area (Å²) in [5.41, 5.74) is 0.516. The van der Waals surface area contributed by atoms with Crippen LogP contribution in [-0.2, 0) is 10.2 Å². The SMILES string of the molecule is CCCOc1ccc(NS(=O)(=O)N(C)C)cc1. The summed E-state index contributed by atoms with van der Waals surface area (Å²) in [5.74, 6) is 0.736. The molecule has 0 spiro atoms. The maximum absolute atomic E-state index is 11.5. The first-order valence-corrected chi connectivity index (χ1v) is 6.83. The quantitative estimate of drug-likeness (QED) is 0.844. The number of nitrogens with zero attached hydrogens (tertiary/aromatic N) is 1. The van der Waals surface area contributed by atoms with Gasteiger partial charge in [-0.15, -0.1) is 0 Å². The van der Waals surface area contributed by atoms with E-state index >= 15 is 0 Å². The van der Waals surface area contributed by atoms with Crippen molar-refractivity contribution >= 4 is 15.9 Å². The molecular weight excluding hydrogens is 240 g/mol. The molecule has 1 aromatic rings. The molecule has 0 aliphatic carbocycles. The van der Waals surface area contributed by atoms with E-state index in [0.29, 0.717) is 12.3 Å². The molecule has 17 heavy (non-hydrogen) atoms. The van der Waals surface area contributed by atoms with E-state index in [2.05, 4.69) is 4.72 Å². The molecule has 0 radical (unpaired) electrons. The van der Waals surface area contributed by atoms with E-state index in [1.165, 1.54) is 14.1 Å². The number of nitrogens with one attached hydrogen (secondary N) is 1. The van der Waals surface area contributed by atoms with Gasteiger partial charge in [0.05, 0.1) is 12.3 Å². The second-order valence-corrected chi connectivity index (χ2v) is 5.65. The van der Waals surface area contributed by atoms with Crippen LogP contribution in [0.1, 0.15) is 13.3 Å². The predicted octanol–water partition coefficient (Wildman–Crippen LogP) is 1.69. The van der Waals surface area contributed by atoms with E-state index in [1.54, 1.807) is 24.3 Å². The molecule has 1 aromatic carbocycles. The summed E-state index contributed by atoms with van der Waals surface area (Å²) >= 11 is 0. The molecule has 0 fully saturated rings. The Kier molecular flexibility index (Phi) is 4.77. The van der Waals surface area contributed by atoms with E-state index in [9.17, 15) is 8.42 Å². The first-order valence-electron chi connectivity index (χ1n) is 5.39. The van der Waals surface area contributed by atoms with E-state index in [4.69, 9.17) is 4.74 Å². The third kappa shape index (κ3) is 4.24. The van der Waals surface area contributed by atoms with E-state index in [0.717, 1.165) is 16.5 Å². The molecule has 0 amide bonds. The number of hydrogen-bond donors (Lipinski definition) is 1. The molecule has 1 N–H and O–H groups in total. The molecule has 0 aliphatic heterocycles. The van der Waals surface area contributed by atoms with Crippen molar-refractivity contribution in [3.8, 4) is 5.75 Å². The van der Waals surface area contributed by atoms with Crippen LogP contribution in [0.3, 0.4) is 0 Å². The zero-order chi connectivity index (χ0) is 12.9. The van der Waals surface area contributed by atoms with Crippen molar-refractivity contribution in [2.75, 3.05) is 25.4 Å². The van der Waals surface area contributed by atoms with Crippen molar-refractivity contribution in [2.45, 2.75) is 13.3 Å². The summed E-state index contributed by atoms with van der Waals surface area (Å²) in [6.07, 6.45) is 0.939. The molecule has 5 nitrogen and oxygen atoms in total. The van der Waals surface area contributed by atoms with Gasteiger partial charge < -0.3 is 4.74 Å². The average Bonchev–Trinajstić information content (AvgIpc) is 2.27. The maximum atomic E-state index is 11.5. The molecule has 0 aliphatic rings. The van der Waals surface area contributed by atoms with Crippen molar-refractivity contribution in [3.05, 3.63) is 24.3 Å². The third-order valence-corrected chi connectivity index (χ3v) is 3.51. The van der Waals surface area contributed by atoms with Crippen LogP contribution in [0.25, 0.3) is 0 Å². The fourth-order valence-electron chi connectivity index (χ4n) is 1.08. The molecule has 0 aromatic heterocycles. The fourth-order valence-corrected chi connectivity index (χ4v) is 1.70. The molecule has 0 saturated heterocycles. The highest BCUT2D eigenvalue weighted by Crippen LogP contribution is 2.17. The molecule has 0 unspecified atom stereocenters. The van der Waals surface area contributed by atoms with E-state index in [-0.39, 0.29) is 0 Å². The molecule has 1 rings (SSSR count). The van der Waals surface area contributed by atoms with Gasteiger partial charge in [0, 0.05) is 14.1 Å². The van der Waals surface area contributed by atoms with Crippen molar-refractivity contribution in [3.63, 3.8) is 0 Å². The molecule has 96 valence electrons. The number of ether oxygens (including phenoxy) is 1. The Labute approximate surface area is 103 Å². The smallest absolute Gasteiger partial charge is 0.301 e. The standard InChI is InChI=1S/C11H18N2O3S/c1-4-9-16-11-7-5-10(6-8-11)12-17(14,15)13(2)3/h5-8,12H,4,9H2,1-3H3. The normalized spacial score (nSPS) is 11.5. The van der Waals surface area contributed by atoms with Gasteiger partial charge in [0.2, 0.25) is 0 Å². The van der Waals surface area contributed by atoms with E-state index in [1.807, 2.05) is 6.92 Å². The lowest BCUT2D eigenvalue weighted by Crippen LogP contribution is -2.28. The average molecular weight is 258 g/mol. The molecular formula is C11H18N2O3S. The van der Waals surface area contributed by atoms with Crippen molar-refractivity contribution in [1.82, 2.24) is 4.31 Å². The Hall–Kier alpha value is -1.27. The highest BCUT2D eigenvalue weighted by molar-refractivity contribution is 7.90. The van der Waals surface area contributed by atoms with Crippen LogP contribution in [0.2, 0.25) is 0 Å². The van der Waals surface area contributed by atoms with Crippen molar-refractivity contribution < 1.29 is 13.2 Å². The number of rotatable bonds is 6. The van der Waals surface area contributed by atoms with Crippen LogP contribution in [0.5, 0.6) is 5.75 Å². The van der Waals surface area contributed by atoms with Crippen LogP contribution < -0.4 is 9.46 Å². The van der Waals surface area contributed by atoms with Crippen LogP contribution >= 0.6 is 0 Å². The minimum atomic E-state index is -3.44. The molecule has 0 heterocycles. The molecule has 6 heteroatoms. The summed E-state index contributed by atoms with van der Waals surface area (Å²) in [4.78, 5) is 0. The van der Waals surface area contributed by atoms with Crippen molar-refractivity contribution in [1.29, 1.82) is 0 Å². The lowest BCUT2D eigenvalue weighted by Gasteiger charge is -2.13. The maximum Gasteiger partial charge on any atom is 0.301 e. The van der Waals surface area contributed by atoms with Gasteiger partial charge in [0.1, 0.15) is 5.75 Å². The summed E-state index contributed by atoms with van der Waals surface area (Å²) < 4.78 is 32.0. The lowest BCUT2D eigenvalue weighted by atomic mass is 10.3. The van der Waals surface area contributed by atoms with Gasteiger partial charge in [0.15, 0.2) is 0 Å². The monoisotopic (exact) mass is 258 g/mol. The first kappa shape index (κ1) is 13.8. The number of benzene rings is 1. The van der Waals surface area contributed by atoms with Gasteiger partial charge in [-0.3, -0.25) is 4.72 Å². The topological polar surface area (TPSA) is 58.6 Å². The summed E-state index contributed by atoms with van der Waals surface area (Å²) in [7, 11) is -0.492. The Balaban J connectivity index is 2.69. The highest BCUT2D eigenvalue weighted by Gasteiger charge is 2.12. The zero-order valence-corrected chi connectivity index (χ0v) is 11.1. The largest absolute Gasteiger partial charge is 0.494 e. The molecule has 0 bridgehead atoms. The van der Waals surface area contributed by atoms with E-state index < -0.39 is 10.2 Å². The van der Waals surface area contributed by atoms with Crippen LogP contribution in [0.4, 0.5) is 5.69 Å². The first-order chi connectivity index (χ1) is 7.95. The van der Waals surface area contributed by atoms with Gasteiger partial charge in [0.25, 0.3) is 0 Å². The van der Waals surface area contributed by atoms with Crippen LogP contribution in [0.15, 0.2) is 24.3 Å². The van der Waals surface area contributed by atoms with Crippen LogP contribution in [-0.4, -0.2) is 33.4 Å². The lowest BCUT2D eigenvalue weighted by molar-refractivity contribution is 0.317. The molecule has 0 atom stereocenters. The van der Waals surface area contributed by atoms with Gasteiger partial charge in [-0.2, -0.15) is 12.7 Å². The Morgan fingerprint density at radius 2 is 1.82 bits per heavy atom. The highest BCUT2D eigenvalue weighted by atomic mass is 32.2. The number of hydrogen-bond acceptors (Lipinski definition) is 3. The van der Waals surface area contributed by atoms with Gasteiger partial charge in [-0.25, -0.2) is 0 Å². The van der Waals surface area contributed by atoms with Gasteiger partial charge in [-0.05, 0) is 30.7 Å². The van der Waals surface area contributed by atoms with Gasteiger partial charge in [-0.1, -0.05) is 6.92 Å². The van der Waals surface area contributed by atoms with Crippen molar-refractivity contribution in [2.24, 2.45) is 0 Å². The second kappa shape index (κ2) is 5.88. The summed E-state index contributed by atoms with van der Waals surface area (Å²) in [5, 5.41) is 0. The van der Waals surface area contributed by atoms with Crippen LogP contribution in [0, 0.1) is 0 Å². The Bertz CT molecular complexity index is 440. The second-order valence-electron chi connectivity index (χ2n) is 3.76. The Morgan fingerprint density at radius 1 is 1.24 bits per heavy atom. The summed E-state index contributed by atoms with van der Waals surface area (Å²) in [6, 6.07) is 6.82. The fraction of sp³-hybridized carbons (Fsp3) is 0.455. The number of anilines is 1. The molecule has 0 saturated carbocycles. The minimum Gasteiger partial charge on any atom is -0.494 e.